The van der Waals surface area contributed by atoms with Gasteiger partial charge in [0, 0.05) is 18.8 Å². The zero-order valence-electron chi connectivity index (χ0n) is 17.4. The normalized spacial score (nSPS) is 30.0. The Morgan fingerprint density at radius 2 is 1.90 bits per heavy atom. The molecule has 3 rings (SSSR count). The van der Waals surface area contributed by atoms with Crippen molar-refractivity contribution >= 4 is 5.97 Å². The van der Waals surface area contributed by atoms with E-state index in [1.165, 1.54) is 11.1 Å². The van der Waals surface area contributed by atoms with Crippen molar-refractivity contribution in [1.29, 1.82) is 0 Å². The highest BCUT2D eigenvalue weighted by molar-refractivity contribution is 5.66. The van der Waals surface area contributed by atoms with Crippen molar-refractivity contribution in [2.75, 3.05) is 0 Å². The molecule has 6 atom stereocenters. The second-order valence-corrected chi connectivity index (χ2v) is 8.75. The number of hydrogen-bond acceptors (Lipinski definition) is 4. The minimum absolute atomic E-state index is 0.0914. The van der Waals surface area contributed by atoms with Gasteiger partial charge in [-0.25, -0.2) is 0 Å². The minimum atomic E-state index is -0.789. The summed E-state index contributed by atoms with van der Waals surface area (Å²) < 4.78 is 0. The van der Waals surface area contributed by atoms with Gasteiger partial charge in [-0.15, -0.1) is 0 Å². The molecule has 0 aromatic heterocycles. The van der Waals surface area contributed by atoms with Gasteiger partial charge in [-0.3, -0.25) is 4.79 Å². The average molecular weight is 415 g/mol. The molecule has 0 saturated heterocycles. The van der Waals surface area contributed by atoms with Gasteiger partial charge in [0.2, 0.25) is 0 Å². The van der Waals surface area contributed by atoms with Gasteiger partial charge < -0.3 is 20.4 Å². The number of unbranched alkanes of at least 4 members (excludes halogenated alkanes) is 1. The lowest BCUT2D eigenvalue weighted by atomic mass is 9.80. The van der Waals surface area contributed by atoms with Gasteiger partial charge in [0.1, 0.15) is 0 Å². The molecule has 0 radical (unpaired) electrons. The summed E-state index contributed by atoms with van der Waals surface area (Å²) in [5.41, 5.74) is 2.68. The molecule has 0 aliphatic heterocycles. The lowest BCUT2D eigenvalue weighted by molar-refractivity contribution is -0.137. The summed E-state index contributed by atoms with van der Waals surface area (Å²) in [6.07, 6.45) is 11.1. The third-order valence-electron chi connectivity index (χ3n) is 6.65. The number of carboxylic acids is 1. The van der Waals surface area contributed by atoms with Gasteiger partial charge in [0.15, 0.2) is 0 Å². The number of allylic oxidation sites excluding steroid dienone is 2. The molecular formula is C25H34O5. The molecule has 2 aliphatic rings. The number of carboxylic acid groups (broad SMARTS) is 1. The van der Waals surface area contributed by atoms with Crippen molar-refractivity contribution in [2.45, 2.75) is 69.7 Å². The van der Waals surface area contributed by atoms with Gasteiger partial charge in [-0.1, -0.05) is 48.6 Å². The number of aryl methyl sites for hydroxylation is 1. The smallest absolute Gasteiger partial charge is 0.303 e. The average Bonchev–Trinajstić information content (AvgIpc) is 3.00. The number of benzene rings is 1. The van der Waals surface area contributed by atoms with E-state index in [4.69, 9.17) is 5.11 Å². The fourth-order valence-electron chi connectivity index (χ4n) is 4.87. The number of aliphatic carboxylic acids is 1. The van der Waals surface area contributed by atoms with Gasteiger partial charge in [-0.2, -0.15) is 0 Å². The van der Waals surface area contributed by atoms with Crippen LogP contribution in [0.1, 0.15) is 49.7 Å². The van der Waals surface area contributed by atoms with Crippen LogP contribution in [0.3, 0.4) is 0 Å². The summed E-state index contributed by atoms with van der Waals surface area (Å²) in [4.78, 5) is 10.6. The molecule has 0 bridgehead atoms. The summed E-state index contributed by atoms with van der Waals surface area (Å²) in [5.74, 6) is -0.893. The zero-order valence-corrected chi connectivity index (χ0v) is 17.4. The number of carbonyl (C=O) groups is 1. The second kappa shape index (κ2) is 10.9. The number of aliphatic hydroxyl groups is 3. The molecule has 30 heavy (non-hydrogen) atoms. The molecule has 4 N–H and O–H groups in total. The number of rotatable bonds is 9. The van der Waals surface area contributed by atoms with Crippen molar-refractivity contribution in [3.63, 3.8) is 0 Å². The van der Waals surface area contributed by atoms with Crippen molar-refractivity contribution in [1.82, 2.24) is 0 Å². The van der Waals surface area contributed by atoms with E-state index in [1.807, 2.05) is 30.4 Å². The minimum Gasteiger partial charge on any atom is -0.481 e. The van der Waals surface area contributed by atoms with Gasteiger partial charge in [0.25, 0.3) is 0 Å². The van der Waals surface area contributed by atoms with Crippen LogP contribution in [0, 0.1) is 17.8 Å². The Morgan fingerprint density at radius 3 is 2.67 bits per heavy atom. The SMILES string of the molecule is O=C(O)CCC/C=C\C[C@@H]1C(/C=C/[C@H](O)[C@@H]2CCc3ccccc3C2)[C@H](O)C[C@@H]1O. The molecule has 1 aromatic carbocycles. The summed E-state index contributed by atoms with van der Waals surface area (Å²) in [6, 6.07) is 8.39. The van der Waals surface area contributed by atoms with E-state index in [1.54, 1.807) is 0 Å². The highest BCUT2D eigenvalue weighted by Gasteiger charge is 2.39. The molecule has 164 valence electrons. The van der Waals surface area contributed by atoms with E-state index in [0.717, 1.165) is 19.3 Å². The lowest BCUT2D eigenvalue weighted by Gasteiger charge is -2.27. The Morgan fingerprint density at radius 1 is 1.13 bits per heavy atom. The summed E-state index contributed by atoms with van der Waals surface area (Å²) >= 11 is 0. The molecule has 0 spiro atoms. The molecule has 1 fully saturated rings. The molecule has 1 saturated carbocycles. The number of fused-ring (bicyclic) bond motifs is 1. The van der Waals surface area contributed by atoms with Crippen LogP contribution in [-0.4, -0.2) is 44.7 Å². The lowest BCUT2D eigenvalue weighted by Crippen LogP contribution is -2.26. The van der Waals surface area contributed by atoms with Crippen molar-refractivity contribution < 1.29 is 25.2 Å². The van der Waals surface area contributed by atoms with Gasteiger partial charge in [-0.05, 0) is 61.5 Å². The zero-order chi connectivity index (χ0) is 21.5. The third kappa shape index (κ3) is 6.03. The first kappa shape index (κ1) is 22.7. The molecule has 1 aromatic rings. The quantitative estimate of drug-likeness (QED) is 0.367. The maximum atomic E-state index is 10.7. The largest absolute Gasteiger partial charge is 0.481 e. The van der Waals surface area contributed by atoms with Gasteiger partial charge >= 0.3 is 5.97 Å². The van der Waals surface area contributed by atoms with Crippen LogP contribution in [0.15, 0.2) is 48.6 Å². The standard InChI is InChI=1S/C25H34O5/c26-22(19-12-11-17-7-5-6-8-18(17)15-19)14-13-21-20(23(27)16-24(21)28)9-3-1-2-4-10-25(29)30/h1,3,5-8,13-14,19-24,26-28H,2,4,9-12,15-16H2,(H,29,30)/b3-1-,14-13+/t19-,20-,21?,22+,23+,24-/m1/s1. The van der Waals surface area contributed by atoms with Crippen molar-refractivity contribution in [3.05, 3.63) is 59.7 Å². The molecular weight excluding hydrogens is 380 g/mol. The number of hydrogen-bond donors (Lipinski definition) is 4. The van der Waals surface area contributed by atoms with E-state index < -0.39 is 24.3 Å². The molecule has 0 amide bonds. The van der Waals surface area contributed by atoms with Crippen LogP contribution in [0.2, 0.25) is 0 Å². The molecule has 1 unspecified atom stereocenters. The first-order chi connectivity index (χ1) is 14.5. The van der Waals surface area contributed by atoms with Crippen LogP contribution in [-0.2, 0) is 17.6 Å². The van der Waals surface area contributed by atoms with Crippen LogP contribution < -0.4 is 0 Å². The molecule has 0 heterocycles. The Labute approximate surface area is 178 Å². The Bertz CT molecular complexity index is 756. The van der Waals surface area contributed by atoms with Crippen LogP contribution in [0.5, 0.6) is 0 Å². The first-order valence-electron chi connectivity index (χ1n) is 11.1. The van der Waals surface area contributed by atoms with Gasteiger partial charge in [0.05, 0.1) is 18.3 Å². The predicted molar refractivity (Wildman–Crippen MR) is 116 cm³/mol. The monoisotopic (exact) mass is 414 g/mol. The third-order valence-corrected chi connectivity index (χ3v) is 6.65. The fraction of sp³-hybridized carbons (Fsp3) is 0.560. The number of aliphatic hydroxyl groups excluding tert-OH is 3. The van der Waals surface area contributed by atoms with Crippen LogP contribution in [0.4, 0.5) is 0 Å². The van der Waals surface area contributed by atoms with E-state index in [0.29, 0.717) is 25.7 Å². The van der Waals surface area contributed by atoms with E-state index >= 15 is 0 Å². The highest BCUT2D eigenvalue weighted by Crippen LogP contribution is 2.37. The first-order valence-corrected chi connectivity index (χ1v) is 11.1. The second-order valence-electron chi connectivity index (χ2n) is 8.75. The Balaban J connectivity index is 1.54. The fourth-order valence-corrected chi connectivity index (χ4v) is 4.87. The highest BCUT2D eigenvalue weighted by atomic mass is 16.4. The summed E-state index contributed by atoms with van der Waals surface area (Å²) in [7, 11) is 0. The van der Waals surface area contributed by atoms with E-state index in [9.17, 15) is 20.1 Å². The Hall–Kier alpha value is -1.95. The van der Waals surface area contributed by atoms with Crippen molar-refractivity contribution in [3.8, 4) is 0 Å². The van der Waals surface area contributed by atoms with Crippen LogP contribution >= 0.6 is 0 Å². The summed E-state index contributed by atoms with van der Waals surface area (Å²) in [6.45, 7) is 0. The van der Waals surface area contributed by atoms with Crippen molar-refractivity contribution in [2.24, 2.45) is 17.8 Å². The maximum Gasteiger partial charge on any atom is 0.303 e. The molecule has 5 nitrogen and oxygen atoms in total. The predicted octanol–water partition coefficient (Wildman–Crippen LogP) is 3.27. The molecule has 2 aliphatic carbocycles. The van der Waals surface area contributed by atoms with E-state index in [2.05, 4.69) is 18.2 Å². The van der Waals surface area contributed by atoms with E-state index in [-0.39, 0.29) is 24.2 Å². The van der Waals surface area contributed by atoms with Crippen LogP contribution in [0.25, 0.3) is 0 Å². The summed E-state index contributed by atoms with van der Waals surface area (Å²) in [5, 5.41) is 40.2. The molecule has 5 heteroatoms. The maximum absolute atomic E-state index is 10.7. The topological polar surface area (TPSA) is 98.0 Å². The Kier molecular flexibility index (Phi) is 8.25.